The summed E-state index contributed by atoms with van der Waals surface area (Å²) in [5.74, 6) is -2.77. The van der Waals surface area contributed by atoms with E-state index < -0.39 is 103 Å². The summed E-state index contributed by atoms with van der Waals surface area (Å²) < 4.78 is 28.9. The van der Waals surface area contributed by atoms with Crippen LogP contribution in [0.25, 0.3) is 6.08 Å². The molecule has 0 saturated carbocycles. The van der Waals surface area contributed by atoms with E-state index >= 15 is 0 Å². The quantitative estimate of drug-likeness (QED) is 0.150. The third-order valence-corrected chi connectivity index (χ3v) is 8.15. The second-order valence-electron chi connectivity index (χ2n) is 11.5. The number of Topliss-reactive ketones (excluding diaryl/α,β-unsaturated/α-hetero) is 1. The largest absolute Gasteiger partial charge is 0.508 e. The minimum atomic E-state index is -1.96. The molecule has 5 rings (SSSR count). The Bertz CT molecular complexity index is 1480. The number of carbonyl (C=O) groups is 1. The minimum absolute atomic E-state index is 0.0148. The Kier molecular flexibility index (Phi) is 9.38. The summed E-state index contributed by atoms with van der Waals surface area (Å²) >= 11 is 0. The van der Waals surface area contributed by atoms with Gasteiger partial charge >= 0.3 is 0 Å². The SMILES string of the molecule is CC(=O)CC1(c2ccc(O)c(O)c2)Oc2cc(O)cc(O)c2C=C1O[C@@H]1O[C@H](CO[C@@H]2O[C@@H](C)[C@H](O)[C@@H](O)[C@H]2O)[C@@H](O)[C@H](O)[C@H]1O. The lowest BCUT2D eigenvalue weighted by atomic mass is 9.83. The van der Waals surface area contributed by atoms with Gasteiger partial charge in [-0.2, -0.15) is 0 Å². The predicted octanol–water partition coefficient (Wildman–Crippen LogP) is -1.21. The van der Waals surface area contributed by atoms with Gasteiger partial charge in [-0.05, 0) is 32.1 Å². The fraction of sp³-hybridized carbons (Fsp3) is 0.500. The predicted molar refractivity (Wildman–Crippen MR) is 151 cm³/mol. The third kappa shape index (κ3) is 6.18. The average molecular weight is 653 g/mol. The van der Waals surface area contributed by atoms with Crippen LogP contribution in [-0.4, -0.2) is 125 Å². The highest BCUT2D eigenvalue weighted by Crippen LogP contribution is 2.50. The Morgan fingerprint density at radius 1 is 0.804 bits per heavy atom. The molecule has 0 radical (unpaired) electrons. The van der Waals surface area contributed by atoms with Gasteiger partial charge in [-0.1, -0.05) is 6.07 Å². The number of phenolic OH excluding ortho intramolecular Hbond substituents is 4. The summed E-state index contributed by atoms with van der Waals surface area (Å²) in [6.07, 6.45) is -15.2. The topological polar surface area (TPSA) is 266 Å². The molecule has 16 nitrogen and oxygen atoms in total. The molecule has 0 aliphatic carbocycles. The average Bonchev–Trinajstić information content (AvgIpc) is 2.99. The van der Waals surface area contributed by atoms with Crippen molar-refractivity contribution in [3.63, 3.8) is 0 Å². The molecule has 11 atom stereocenters. The lowest BCUT2D eigenvalue weighted by Crippen LogP contribution is -2.61. The Hall–Kier alpha value is -3.71. The van der Waals surface area contributed by atoms with Crippen LogP contribution >= 0.6 is 0 Å². The summed E-state index contributed by atoms with van der Waals surface area (Å²) in [7, 11) is 0. The van der Waals surface area contributed by atoms with Gasteiger partial charge in [-0.25, -0.2) is 0 Å². The number of carbonyl (C=O) groups excluding carboxylic acids is 1. The fourth-order valence-electron chi connectivity index (χ4n) is 5.61. The number of aliphatic hydroxyl groups excluding tert-OH is 6. The van der Waals surface area contributed by atoms with Crippen molar-refractivity contribution in [3.8, 4) is 28.7 Å². The number of phenols is 4. The van der Waals surface area contributed by atoms with Crippen LogP contribution in [0, 0.1) is 0 Å². The summed E-state index contributed by atoms with van der Waals surface area (Å²) in [5, 5.41) is 104. The van der Waals surface area contributed by atoms with Crippen LogP contribution in [0.2, 0.25) is 0 Å². The van der Waals surface area contributed by atoms with Crippen LogP contribution in [0.5, 0.6) is 28.7 Å². The van der Waals surface area contributed by atoms with Crippen LogP contribution in [0.1, 0.15) is 31.4 Å². The van der Waals surface area contributed by atoms with Gasteiger partial charge in [0.05, 0.1) is 24.7 Å². The molecule has 252 valence electrons. The van der Waals surface area contributed by atoms with Crippen molar-refractivity contribution in [2.24, 2.45) is 0 Å². The maximum absolute atomic E-state index is 12.7. The lowest BCUT2D eigenvalue weighted by Gasteiger charge is -2.45. The van der Waals surface area contributed by atoms with E-state index in [4.69, 9.17) is 23.7 Å². The summed E-state index contributed by atoms with van der Waals surface area (Å²) in [5.41, 5.74) is -1.92. The highest BCUT2D eigenvalue weighted by molar-refractivity contribution is 5.80. The zero-order valence-electron chi connectivity index (χ0n) is 24.6. The van der Waals surface area contributed by atoms with Crippen molar-refractivity contribution in [2.75, 3.05) is 6.61 Å². The minimum Gasteiger partial charge on any atom is -0.508 e. The van der Waals surface area contributed by atoms with Crippen LogP contribution in [0.15, 0.2) is 36.1 Å². The van der Waals surface area contributed by atoms with Gasteiger partial charge in [0, 0.05) is 17.7 Å². The number of fused-ring (bicyclic) bond motifs is 1. The molecular weight excluding hydrogens is 616 g/mol. The van der Waals surface area contributed by atoms with Crippen molar-refractivity contribution in [3.05, 3.63) is 47.2 Å². The Balaban J connectivity index is 1.50. The molecule has 2 saturated heterocycles. The van der Waals surface area contributed by atoms with Crippen molar-refractivity contribution < 1.29 is 79.5 Å². The Morgan fingerprint density at radius 3 is 2.15 bits per heavy atom. The first kappa shape index (κ1) is 33.6. The van der Waals surface area contributed by atoms with Gasteiger partial charge in [0.25, 0.3) is 0 Å². The van der Waals surface area contributed by atoms with E-state index in [2.05, 4.69) is 0 Å². The zero-order valence-corrected chi connectivity index (χ0v) is 24.6. The van der Waals surface area contributed by atoms with E-state index in [1.165, 1.54) is 26.0 Å². The van der Waals surface area contributed by atoms with Gasteiger partial charge in [0.15, 0.2) is 23.4 Å². The number of ketones is 1. The molecule has 46 heavy (non-hydrogen) atoms. The molecule has 2 aromatic rings. The first-order chi connectivity index (χ1) is 21.6. The molecule has 2 fully saturated rings. The number of rotatable bonds is 8. The first-order valence-corrected chi connectivity index (χ1v) is 14.3. The summed E-state index contributed by atoms with van der Waals surface area (Å²) in [4.78, 5) is 12.7. The monoisotopic (exact) mass is 652 g/mol. The zero-order chi connectivity index (χ0) is 33.7. The van der Waals surface area contributed by atoms with Crippen LogP contribution < -0.4 is 4.74 Å². The van der Waals surface area contributed by atoms with Crippen LogP contribution in [0.4, 0.5) is 0 Å². The second kappa shape index (κ2) is 12.8. The fourth-order valence-corrected chi connectivity index (χ4v) is 5.61. The molecule has 16 heteroatoms. The van der Waals surface area contributed by atoms with Gasteiger partial charge < -0.3 is 74.7 Å². The lowest BCUT2D eigenvalue weighted by molar-refractivity contribution is -0.325. The standard InChI is InChI=1S/C30H36O16/c1-11(31)9-30(13-3-4-16(33)18(35)5-13)21(8-15-17(34)6-14(32)7-19(15)46-30)45-29-27(41)25(39)23(37)20(44-29)10-42-28-26(40)24(38)22(36)12(2)43-28/h3-8,12,20,22-29,32-41H,9-10H2,1-2H3/t12-,20+,22-,23+,24+,25-,26+,27+,28+,29-,30?/m0/s1. The molecule has 0 amide bonds. The molecule has 0 aromatic heterocycles. The van der Waals surface area contributed by atoms with E-state index in [1.807, 2.05) is 0 Å². The molecule has 2 aromatic carbocycles. The smallest absolute Gasteiger partial charge is 0.228 e. The van der Waals surface area contributed by atoms with Crippen LogP contribution in [-0.2, 0) is 29.3 Å². The van der Waals surface area contributed by atoms with Gasteiger partial charge in [0.2, 0.25) is 6.29 Å². The van der Waals surface area contributed by atoms with E-state index in [9.17, 15) is 55.9 Å². The first-order valence-electron chi connectivity index (χ1n) is 14.3. The van der Waals surface area contributed by atoms with Gasteiger partial charge in [-0.3, -0.25) is 4.79 Å². The molecule has 10 N–H and O–H groups in total. The molecule has 3 aliphatic rings. The van der Waals surface area contributed by atoms with Gasteiger partial charge in [0.1, 0.15) is 71.5 Å². The number of aromatic hydroxyl groups is 4. The summed E-state index contributed by atoms with van der Waals surface area (Å²) in [6.45, 7) is 2.09. The van der Waals surface area contributed by atoms with Gasteiger partial charge in [-0.15, -0.1) is 0 Å². The van der Waals surface area contributed by atoms with Crippen molar-refractivity contribution in [1.82, 2.24) is 0 Å². The van der Waals surface area contributed by atoms with Crippen molar-refractivity contribution in [2.45, 2.75) is 87.3 Å². The molecule has 0 spiro atoms. The van der Waals surface area contributed by atoms with E-state index in [1.54, 1.807) is 0 Å². The van der Waals surface area contributed by atoms with Crippen molar-refractivity contribution in [1.29, 1.82) is 0 Å². The number of hydrogen-bond donors (Lipinski definition) is 10. The molecule has 3 heterocycles. The Labute approximate surface area is 261 Å². The second-order valence-corrected chi connectivity index (χ2v) is 11.5. The number of hydrogen-bond acceptors (Lipinski definition) is 16. The molecular formula is C30H36O16. The normalized spacial score (nSPS) is 35.9. The van der Waals surface area contributed by atoms with Crippen LogP contribution in [0.3, 0.4) is 0 Å². The molecule has 1 unspecified atom stereocenters. The maximum atomic E-state index is 12.7. The van der Waals surface area contributed by atoms with E-state index in [-0.39, 0.29) is 28.4 Å². The number of ether oxygens (including phenoxy) is 5. The molecule has 3 aliphatic heterocycles. The third-order valence-electron chi connectivity index (χ3n) is 8.15. The number of aliphatic hydroxyl groups is 6. The highest BCUT2D eigenvalue weighted by atomic mass is 16.7. The van der Waals surface area contributed by atoms with E-state index in [0.717, 1.165) is 24.3 Å². The number of benzene rings is 2. The van der Waals surface area contributed by atoms with Crippen molar-refractivity contribution >= 4 is 11.9 Å². The highest BCUT2D eigenvalue weighted by Gasteiger charge is 2.51. The molecule has 0 bridgehead atoms. The maximum Gasteiger partial charge on any atom is 0.228 e. The Morgan fingerprint density at radius 2 is 1.48 bits per heavy atom. The summed E-state index contributed by atoms with van der Waals surface area (Å²) in [6, 6.07) is 5.71. The van der Waals surface area contributed by atoms with E-state index in [0.29, 0.717) is 0 Å².